The molecule has 17 heteroatoms. The molecule has 4 aromatic rings. The van der Waals surface area contributed by atoms with Gasteiger partial charge in [-0.05, 0) is 90.8 Å². The van der Waals surface area contributed by atoms with Crippen molar-refractivity contribution < 1.29 is 38.6 Å². The molecule has 0 saturated carbocycles. The van der Waals surface area contributed by atoms with Crippen molar-refractivity contribution in [3.63, 3.8) is 0 Å². The van der Waals surface area contributed by atoms with E-state index in [4.69, 9.17) is 16.2 Å². The number of rotatable bonds is 19. The van der Waals surface area contributed by atoms with Gasteiger partial charge in [-0.2, -0.15) is 0 Å². The second-order valence-electron chi connectivity index (χ2n) is 19.3. The normalized spacial score (nSPS) is 19.7. The molecule has 4 heterocycles. The molecule has 0 aliphatic carbocycles. The van der Waals surface area contributed by atoms with Crippen molar-refractivity contribution in [1.82, 2.24) is 25.8 Å². The van der Waals surface area contributed by atoms with Crippen molar-refractivity contribution in [2.45, 2.75) is 135 Å². The number of hydrogen-bond acceptors (Lipinski definition) is 11. The first-order valence-electron chi connectivity index (χ1n) is 23.5. The van der Waals surface area contributed by atoms with Gasteiger partial charge < -0.3 is 42.2 Å². The summed E-state index contributed by atoms with van der Waals surface area (Å²) in [5, 5.41) is 19.5. The molecule has 362 valence electrons. The molecule has 3 aliphatic rings. The number of nitrogens with zero attached hydrogens (tertiary/aromatic N) is 3. The molecular formula is C51H64N8O8S. The van der Waals surface area contributed by atoms with Gasteiger partial charge in [0.2, 0.25) is 35.4 Å². The lowest BCUT2D eigenvalue weighted by Gasteiger charge is -2.35. The van der Waals surface area contributed by atoms with Crippen LogP contribution in [-0.2, 0) is 54.6 Å². The highest BCUT2D eigenvalue weighted by Crippen LogP contribution is 2.39. The number of primary amides is 1. The molecular weight excluding hydrogens is 885 g/mol. The molecule has 0 unspecified atom stereocenters. The van der Waals surface area contributed by atoms with E-state index in [0.29, 0.717) is 44.3 Å². The third kappa shape index (κ3) is 12.1. The van der Waals surface area contributed by atoms with Crippen LogP contribution < -0.4 is 37.1 Å². The number of aromatic nitrogens is 1. The monoisotopic (exact) mass is 948 g/mol. The van der Waals surface area contributed by atoms with Crippen molar-refractivity contribution in [3.05, 3.63) is 100 Å². The van der Waals surface area contributed by atoms with Crippen LogP contribution in [0.5, 0.6) is 5.75 Å². The maximum Gasteiger partial charge on any atom is 0.246 e. The second kappa shape index (κ2) is 21.8. The summed E-state index contributed by atoms with van der Waals surface area (Å²) in [5.41, 5.74) is 19.4. The number of aliphatic hydroxyl groups is 1. The smallest absolute Gasteiger partial charge is 0.246 e. The predicted molar refractivity (Wildman–Crippen MR) is 259 cm³/mol. The molecule has 16 nitrogen and oxygen atoms in total. The number of aliphatic hydroxyl groups excluding tert-OH is 1. The number of anilines is 1. The Morgan fingerprint density at radius 3 is 2.41 bits per heavy atom. The Bertz CT molecular complexity index is 2490. The van der Waals surface area contributed by atoms with Gasteiger partial charge in [0.1, 0.15) is 30.5 Å². The molecule has 0 bridgehead atoms. The number of aryl methyl sites for hydroxylation is 3. The predicted octanol–water partition coefficient (Wildman–Crippen LogP) is 4.00. The summed E-state index contributed by atoms with van der Waals surface area (Å²) in [5.74, 6) is -1.67. The Kier molecular flexibility index (Phi) is 16.0. The minimum absolute atomic E-state index is 0.0133. The molecule has 3 aliphatic heterocycles. The molecule has 0 radical (unpaired) electrons. The largest absolute Gasteiger partial charge is 0.491 e. The number of β-amino-alcohol motifs (C(OH)–C–C–N with tert-alkyl or cyclic N) is 1. The van der Waals surface area contributed by atoms with Crippen molar-refractivity contribution in [2.24, 2.45) is 16.9 Å². The summed E-state index contributed by atoms with van der Waals surface area (Å²) in [6, 6.07) is 17.3. The second-order valence-corrected chi connectivity index (χ2v) is 20.2. The molecule has 6 atom stereocenters. The number of hydrogen-bond donors (Lipinski definition) is 6. The summed E-state index contributed by atoms with van der Waals surface area (Å²) in [6.45, 7) is 7.83. The Labute approximate surface area is 401 Å². The van der Waals surface area contributed by atoms with E-state index >= 15 is 0 Å². The van der Waals surface area contributed by atoms with Crippen LogP contribution in [0.1, 0.15) is 93.7 Å². The van der Waals surface area contributed by atoms with E-state index in [9.17, 15) is 33.9 Å². The number of carbonyl (C=O) groups excluding carboxylic acids is 6. The average Bonchev–Trinajstić information content (AvgIpc) is 4.02. The Morgan fingerprint density at radius 2 is 1.69 bits per heavy atom. The number of unbranched alkanes of at least 4 members (excludes halogenated alkanes) is 1. The van der Waals surface area contributed by atoms with Gasteiger partial charge >= 0.3 is 0 Å². The summed E-state index contributed by atoms with van der Waals surface area (Å²) < 4.78 is 6.16. The van der Waals surface area contributed by atoms with Crippen LogP contribution in [0.3, 0.4) is 0 Å². The number of nitrogens with one attached hydrogen (secondary N) is 3. The zero-order valence-corrected chi connectivity index (χ0v) is 40.1. The maximum atomic E-state index is 14.1. The lowest BCUT2D eigenvalue weighted by atomic mass is 9.85. The Balaban J connectivity index is 0.885. The zero-order valence-electron chi connectivity index (χ0n) is 39.3. The van der Waals surface area contributed by atoms with Gasteiger partial charge in [-0.15, -0.1) is 11.3 Å². The molecule has 3 aromatic carbocycles. The molecule has 0 spiro atoms. The fraction of sp³-hybridized carbons (Fsp3) is 0.471. The maximum absolute atomic E-state index is 14.1. The molecule has 1 saturated heterocycles. The van der Waals surface area contributed by atoms with Crippen molar-refractivity contribution in [1.29, 1.82) is 0 Å². The summed E-state index contributed by atoms with van der Waals surface area (Å²) in [6.07, 6.45) is 3.00. The van der Waals surface area contributed by atoms with Crippen LogP contribution in [0.2, 0.25) is 0 Å². The highest BCUT2D eigenvalue weighted by Gasteiger charge is 2.45. The van der Waals surface area contributed by atoms with Crippen molar-refractivity contribution in [2.75, 3.05) is 18.1 Å². The van der Waals surface area contributed by atoms with Gasteiger partial charge in [-0.3, -0.25) is 33.7 Å². The number of amides is 6. The SMILES string of the molecule is Cc1ncsc1-c1ccc(CNC(=O)[C@@H]2C[C@@H](O)CN2C(=O)[C@@H](NC(=O)CCCCc2cccc(OC[C@H](CCC(N)=O)NC(=O)[C@@H]3Cc4cccc5c4N3C(=O)[C@@H](N)CC5)c2)C(C)(C)C)cc1. The van der Waals surface area contributed by atoms with Crippen LogP contribution in [0.15, 0.2) is 72.2 Å². The van der Waals surface area contributed by atoms with Gasteiger partial charge in [0.25, 0.3) is 0 Å². The summed E-state index contributed by atoms with van der Waals surface area (Å²) in [4.78, 5) is 88.4. The molecule has 6 amide bonds. The van der Waals surface area contributed by atoms with E-state index in [1.165, 1.54) is 4.90 Å². The first kappa shape index (κ1) is 49.7. The van der Waals surface area contributed by atoms with E-state index in [-0.39, 0.29) is 69.0 Å². The number of para-hydroxylation sites is 1. The number of thiazole rings is 1. The number of ether oxygens (including phenoxy) is 1. The van der Waals surface area contributed by atoms with Gasteiger partial charge in [-0.25, -0.2) is 4.98 Å². The van der Waals surface area contributed by atoms with E-state index in [1.54, 1.807) is 22.3 Å². The molecule has 8 N–H and O–H groups in total. The van der Waals surface area contributed by atoms with Gasteiger partial charge in [0.05, 0.1) is 40.0 Å². The van der Waals surface area contributed by atoms with Gasteiger partial charge in [0, 0.05) is 38.8 Å². The van der Waals surface area contributed by atoms with E-state index in [2.05, 4.69) is 20.9 Å². The first-order chi connectivity index (χ1) is 32.5. The average molecular weight is 949 g/mol. The molecule has 1 fully saturated rings. The summed E-state index contributed by atoms with van der Waals surface area (Å²) in [7, 11) is 0. The first-order valence-corrected chi connectivity index (χ1v) is 24.4. The minimum atomic E-state index is -0.929. The fourth-order valence-electron chi connectivity index (χ4n) is 9.29. The zero-order chi connectivity index (χ0) is 48.7. The quantitative estimate of drug-likeness (QED) is 0.0739. The standard InChI is InChI=1S/C51H64N8O8S/c1-30-45(68-29-55-30)34-17-15-32(16-18-34)26-54-47(63)40-25-37(60)27-58(40)50(66)46(51(2,3)4)57-43(62)14-6-5-9-31-10-7-13-38(23-31)67-28-36(20-22-42(53)61)56-48(64)41-24-35-12-8-11-33-19-21-39(52)49(65)59(41)44(33)35/h7-8,10-13,15-18,23,29,36-37,39-41,46,60H,5-6,9,14,19-22,24-28,52H2,1-4H3,(H2,53,61)(H,54,63)(H,56,64)(H,57,62)/t36-,37+,39-,40-,41-,46+/m0/s1. The Hall–Kier alpha value is -6.17. The van der Waals surface area contributed by atoms with Crippen LogP contribution >= 0.6 is 11.3 Å². The molecule has 1 aromatic heterocycles. The van der Waals surface area contributed by atoms with Crippen LogP contribution in [-0.4, -0.2) is 99.9 Å². The number of nitrogens with two attached hydrogens (primary N) is 2. The number of likely N-dealkylation sites (tertiary alicyclic amines) is 1. The van der Waals surface area contributed by atoms with E-state index < -0.39 is 53.5 Å². The minimum Gasteiger partial charge on any atom is -0.491 e. The van der Waals surface area contributed by atoms with Crippen molar-refractivity contribution in [3.8, 4) is 16.2 Å². The Morgan fingerprint density at radius 1 is 0.941 bits per heavy atom. The third-order valence-corrected chi connectivity index (χ3v) is 14.0. The number of benzene rings is 3. The lowest BCUT2D eigenvalue weighted by molar-refractivity contribution is -0.144. The number of carbonyl (C=O) groups is 6. The summed E-state index contributed by atoms with van der Waals surface area (Å²) >= 11 is 1.57. The van der Waals surface area contributed by atoms with E-state index in [1.807, 2.05) is 93.9 Å². The van der Waals surface area contributed by atoms with Crippen LogP contribution in [0.25, 0.3) is 10.4 Å². The lowest BCUT2D eigenvalue weighted by Crippen LogP contribution is -2.57. The van der Waals surface area contributed by atoms with Crippen LogP contribution in [0, 0.1) is 12.3 Å². The van der Waals surface area contributed by atoms with Gasteiger partial charge in [0.15, 0.2) is 0 Å². The van der Waals surface area contributed by atoms with Crippen molar-refractivity contribution >= 4 is 52.5 Å². The molecule has 68 heavy (non-hydrogen) atoms. The fourth-order valence-corrected chi connectivity index (χ4v) is 10.1. The van der Waals surface area contributed by atoms with Crippen LogP contribution in [0.4, 0.5) is 5.69 Å². The molecule has 7 rings (SSSR count). The highest BCUT2D eigenvalue weighted by molar-refractivity contribution is 7.13. The van der Waals surface area contributed by atoms with E-state index in [0.717, 1.165) is 44.1 Å². The topological polar surface area (TPSA) is 239 Å². The highest BCUT2D eigenvalue weighted by atomic mass is 32.1. The van der Waals surface area contributed by atoms with Gasteiger partial charge in [-0.1, -0.05) is 75.4 Å². The third-order valence-electron chi connectivity index (χ3n) is 13.0.